The van der Waals surface area contributed by atoms with E-state index in [2.05, 4.69) is 10.6 Å². The van der Waals surface area contributed by atoms with Gasteiger partial charge in [0.1, 0.15) is 5.75 Å². The zero-order chi connectivity index (χ0) is 20.1. The van der Waals surface area contributed by atoms with Crippen molar-refractivity contribution in [1.82, 2.24) is 0 Å². The van der Waals surface area contributed by atoms with Crippen LogP contribution in [0.1, 0.15) is 37.6 Å². The molecule has 0 saturated carbocycles. The molecule has 3 rings (SSSR count). The summed E-state index contributed by atoms with van der Waals surface area (Å²) in [5, 5.41) is 5.59. The highest BCUT2D eigenvalue weighted by Crippen LogP contribution is 2.33. The molecule has 0 saturated heterocycles. The molecule has 1 aliphatic heterocycles. The summed E-state index contributed by atoms with van der Waals surface area (Å²) in [5.74, 6) is 1.20. The van der Waals surface area contributed by atoms with E-state index in [0.717, 1.165) is 6.42 Å². The molecule has 2 N–H and O–H groups in total. The standard InChI is InChI=1S/C21H24N2O5/c1-4-10-27-18-8-6-14(11-19(18)26-5-2)21(25)22-15-7-9-17-16(12-15)23-20(24)13(3)28-17/h6-9,11-13H,4-5,10H2,1-3H3,(H,22,25)(H,23,24)/t13-/m1/s1. The Labute approximate surface area is 164 Å². The number of benzene rings is 2. The second-order valence-electron chi connectivity index (χ2n) is 6.36. The molecule has 0 aromatic heterocycles. The van der Waals surface area contributed by atoms with Crippen molar-refractivity contribution in [2.24, 2.45) is 0 Å². The normalized spacial score (nSPS) is 15.1. The monoisotopic (exact) mass is 384 g/mol. The molecule has 2 aromatic carbocycles. The maximum atomic E-state index is 12.7. The predicted octanol–water partition coefficient (Wildman–Crippen LogP) is 3.85. The van der Waals surface area contributed by atoms with Crippen LogP contribution in [0.5, 0.6) is 17.2 Å². The van der Waals surface area contributed by atoms with E-state index in [9.17, 15) is 9.59 Å². The number of ether oxygens (including phenoxy) is 3. The van der Waals surface area contributed by atoms with Crippen LogP contribution < -0.4 is 24.8 Å². The van der Waals surface area contributed by atoms with Gasteiger partial charge in [-0.1, -0.05) is 6.92 Å². The first-order valence-corrected chi connectivity index (χ1v) is 9.34. The van der Waals surface area contributed by atoms with Crippen LogP contribution in [-0.4, -0.2) is 31.1 Å². The number of rotatable bonds is 7. The number of carbonyl (C=O) groups excluding carboxylic acids is 2. The van der Waals surface area contributed by atoms with Crippen molar-refractivity contribution < 1.29 is 23.8 Å². The van der Waals surface area contributed by atoms with Crippen LogP contribution in [0.15, 0.2) is 36.4 Å². The van der Waals surface area contributed by atoms with Crippen LogP contribution in [0.3, 0.4) is 0 Å². The molecular weight excluding hydrogens is 360 g/mol. The van der Waals surface area contributed by atoms with Crippen molar-refractivity contribution >= 4 is 23.2 Å². The van der Waals surface area contributed by atoms with Gasteiger partial charge in [-0.05, 0) is 56.7 Å². The van der Waals surface area contributed by atoms with Crippen LogP contribution in [0.25, 0.3) is 0 Å². The molecule has 1 aliphatic rings. The average molecular weight is 384 g/mol. The summed E-state index contributed by atoms with van der Waals surface area (Å²) >= 11 is 0. The van der Waals surface area contributed by atoms with E-state index >= 15 is 0 Å². The number of fused-ring (bicyclic) bond motifs is 1. The fourth-order valence-corrected chi connectivity index (χ4v) is 2.74. The Morgan fingerprint density at radius 2 is 1.96 bits per heavy atom. The SMILES string of the molecule is CCCOc1ccc(C(=O)Nc2ccc3c(c2)NC(=O)[C@@H](C)O3)cc1OCC. The Kier molecular flexibility index (Phi) is 6.03. The smallest absolute Gasteiger partial charge is 0.265 e. The molecule has 7 heteroatoms. The van der Waals surface area contributed by atoms with Crippen molar-refractivity contribution in [3.8, 4) is 17.2 Å². The lowest BCUT2D eigenvalue weighted by Crippen LogP contribution is -2.34. The number of nitrogens with one attached hydrogen (secondary N) is 2. The number of hydrogen-bond acceptors (Lipinski definition) is 5. The summed E-state index contributed by atoms with van der Waals surface area (Å²) in [6, 6.07) is 10.2. The largest absolute Gasteiger partial charge is 0.490 e. The molecule has 2 aromatic rings. The van der Waals surface area contributed by atoms with Crippen molar-refractivity contribution in [1.29, 1.82) is 0 Å². The van der Waals surface area contributed by atoms with Gasteiger partial charge in [-0.3, -0.25) is 9.59 Å². The lowest BCUT2D eigenvalue weighted by atomic mass is 10.1. The van der Waals surface area contributed by atoms with E-state index in [0.29, 0.717) is 47.4 Å². The summed E-state index contributed by atoms with van der Waals surface area (Å²) in [7, 11) is 0. The van der Waals surface area contributed by atoms with Crippen molar-refractivity contribution in [3.05, 3.63) is 42.0 Å². The van der Waals surface area contributed by atoms with E-state index in [1.165, 1.54) is 0 Å². The maximum Gasteiger partial charge on any atom is 0.265 e. The van der Waals surface area contributed by atoms with Gasteiger partial charge in [0.15, 0.2) is 17.6 Å². The second-order valence-corrected chi connectivity index (χ2v) is 6.36. The van der Waals surface area contributed by atoms with Gasteiger partial charge in [-0.15, -0.1) is 0 Å². The van der Waals surface area contributed by atoms with Crippen LogP contribution in [0, 0.1) is 0 Å². The Morgan fingerprint density at radius 1 is 1.14 bits per heavy atom. The molecule has 0 fully saturated rings. The molecule has 7 nitrogen and oxygen atoms in total. The number of hydrogen-bond donors (Lipinski definition) is 2. The Bertz CT molecular complexity index is 881. The lowest BCUT2D eigenvalue weighted by molar-refractivity contribution is -0.122. The molecule has 2 amide bonds. The third kappa shape index (κ3) is 4.36. The second kappa shape index (κ2) is 8.65. The minimum atomic E-state index is -0.543. The van der Waals surface area contributed by atoms with Crippen LogP contribution in [0.4, 0.5) is 11.4 Å². The minimum Gasteiger partial charge on any atom is -0.490 e. The molecule has 28 heavy (non-hydrogen) atoms. The zero-order valence-corrected chi connectivity index (χ0v) is 16.2. The number of amides is 2. The first-order valence-electron chi connectivity index (χ1n) is 9.34. The fraction of sp³-hybridized carbons (Fsp3) is 0.333. The van der Waals surface area contributed by atoms with Gasteiger partial charge >= 0.3 is 0 Å². The van der Waals surface area contributed by atoms with Crippen LogP contribution in [0.2, 0.25) is 0 Å². The van der Waals surface area contributed by atoms with E-state index in [4.69, 9.17) is 14.2 Å². The summed E-state index contributed by atoms with van der Waals surface area (Å²) in [6.07, 6.45) is 0.337. The van der Waals surface area contributed by atoms with E-state index in [1.54, 1.807) is 43.3 Å². The van der Waals surface area contributed by atoms with Gasteiger partial charge in [0, 0.05) is 11.3 Å². The van der Waals surface area contributed by atoms with E-state index < -0.39 is 6.10 Å². The van der Waals surface area contributed by atoms with Gasteiger partial charge in [0.2, 0.25) is 0 Å². The Morgan fingerprint density at radius 3 is 2.71 bits per heavy atom. The van der Waals surface area contributed by atoms with Crippen LogP contribution >= 0.6 is 0 Å². The molecule has 0 spiro atoms. The van der Waals surface area contributed by atoms with Gasteiger partial charge in [-0.25, -0.2) is 0 Å². The van der Waals surface area contributed by atoms with E-state index in [1.807, 2.05) is 13.8 Å². The maximum absolute atomic E-state index is 12.7. The summed E-state index contributed by atoms with van der Waals surface area (Å²) in [4.78, 5) is 24.4. The highest BCUT2D eigenvalue weighted by Gasteiger charge is 2.23. The third-order valence-electron chi connectivity index (χ3n) is 4.14. The number of carbonyl (C=O) groups is 2. The molecule has 1 atom stereocenters. The molecule has 148 valence electrons. The molecule has 0 aliphatic carbocycles. The summed E-state index contributed by atoms with van der Waals surface area (Å²) < 4.78 is 16.8. The average Bonchev–Trinajstić information content (AvgIpc) is 2.68. The molecule has 1 heterocycles. The van der Waals surface area contributed by atoms with Crippen molar-refractivity contribution in [2.75, 3.05) is 23.8 Å². The Hall–Kier alpha value is -3.22. The lowest BCUT2D eigenvalue weighted by Gasteiger charge is -2.23. The number of anilines is 2. The van der Waals surface area contributed by atoms with Crippen molar-refractivity contribution in [2.45, 2.75) is 33.3 Å². The van der Waals surface area contributed by atoms with Crippen molar-refractivity contribution in [3.63, 3.8) is 0 Å². The van der Waals surface area contributed by atoms with Gasteiger partial charge in [0.05, 0.1) is 18.9 Å². The fourth-order valence-electron chi connectivity index (χ4n) is 2.74. The minimum absolute atomic E-state index is 0.222. The first kappa shape index (κ1) is 19.5. The zero-order valence-electron chi connectivity index (χ0n) is 16.2. The molecule has 0 unspecified atom stereocenters. The molecular formula is C21H24N2O5. The van der Waals surface area contributed by atoms with E-state index in [-0.39, 0.29) is 11.8 Å². The third-order valence-corrected chi connectivity index (χ3v) is 4.14. The summed E-state index contributed by atoms with van der Waals surface area (Å²) in [6.45, 7) is 6.62. The summed E-state index contributed by atoms with van der Waals surface area (Å²) in [5.41, 5.74) is 1.52. The van der Waals surface area contributed by atoms with Gasteiger partial charge in [0.25, 0.3) is 11.8 Å². The molecule has 0 radical (unpaired) electrons. The quantitative estimate of drug-likeness (QED) is 0.757. The van der Waals surface area contributed by atoms with Crippen LogP contribution in [-0.2, 0) is 4.79 Å². The van der Waals surface area contributed by atoms with Gasteiger partial charge in [-0.2, -0.15) is 0 Å². The van der Waals surface area contributed by atoms with Gasteiger partial charge < -0.3 is 24.8 Å². The molecule has 0 bridgehead atoms. The Balaban J connectivity index is 1.76. The first-order chi connectivity index (χ1) is 13.5. The predicted molar refractivity (Wildman–Crippen MR) is 107 cm³/mol. The topological polar surface area (TPSA) is 85.9 Å². The highest BCUT2D eigenvalue weighted by atomic mass is 16.5. The highest BCUT2D eigenvalue weighted by molar-refractivity contribution is 6.05.